The molecule has 5 heteroatoms. The van der Waals surface area contributed by atoms with Crippen LogP contribution in [0.5, 0.6) is 0 Å². The largest absolute Gasteiger partial charge is 0.456 e. The van der Waals surface area contributed by atoms with Crippen molar-refractivity contribution in [2.45, 2.75) is 6.04 Å². The van der Waals surface area contributed by atoms with Crippen molar-refractivity contribution in [1.29, 1.82) is 5.26 Å². The van der Waals surface area contributed by atoms with E-state index in [0.717, 1.165) is 72.3 Å². The number of aliphatic imine (C=N–C) groups is 1. The Balaban J connectivity index is 1.21. The quantitative estimate of drug-likeness (QED) is 0.232. The maximum Gasteiger partial charge on any atom is 0.136 e. The molecule has 1 unspecified atom stereocenters. The number of rotatable bonds is 3. The fourth-order valence-corrected chi connectivity index (χ4v) is 6.60. The van der Waals surface area contributed by atoms with Crippen LogP contribution >= 0.6 is 0 Å². The highest BCUT2D eigenvalue weighted by molar-refractivity contribution is 6.17. The molecule has 0 aliphatic carbocycles. The molecule has 0 saturated heterocycles. The summed E-state index contributed by atoms with van der Waals surface area (Å²) >= 11 is 0. The van der Waals surface area contributed by atoms with Crippen molar-refractivity contribution in [3.63, 3.8) is 0 Å². The number of nitriles is 1. The highest BCUT2D eigenvalue weighted by atomic mass is 16.3. The van der Waals surface area contributed by atoms with Crippen molar-refractivity contribution in [3.8, 4) is 11.8 Å². The summed E-state index contributed by atoms with van der Waals surface area (Å²) in [6.45, 7) is 0. The van der Waals surface area contributed by atoms with E-state index in [2.05, 4.69) is 88.7 Å². The first kappa shape index (κ1) is 24.5. The molecule has 1 N–H and O–H groups in total. The smallest absolute Gasteiger partial charge is 0.136 e. The molecular weight excluding hydrogens is 540 g/mol. The minimum absolute atomic E-state index is 0.210. The Kier molecular flexibility index (Phi) is 5.26. The van der Waals surface area contributed by atoms with Gasteiger partial charge in [-0.2, -0.15) is 5.26 Å². The van der Waals surface area contributed by atoms with Gasteiger partial charge in [-0.15, -0.1) is 0 Å². The molecule has 1 aliphatic rings. The average molecular weight is 565 g/mol. The van der Waals surface area contributed by atoms with E-state index in [-0.39, 0.29) is 6.04 Å². The van der Waals surface area contributed by atoms with Gasteiger partial charge in [0, 0.05) is 44.0 Å². The number of amidine groups is 1. The number of nitrogens with zero attached hydrogens (tertiary/aromatic N) is 3. The topological polar surface area (TPSA) is 66.2 Å². The Labute approximate surface area is 252 Å². The maximum absolute atomic E-state index is 9.56. The van der Waals surface area contributed by atoms with E-state index in [9.17, 15) is 5.26 Å². The van der Waals surface area contributed by atoms with Crippen LogP contribution in [0.25, 0.3) is 49.4 Å². The van der Waals surface area contributed by atoms with Crippen molar-refractivity contribution >= 4 is 55.3 Å². The number of para-hydroxylation sites is 2. The third-order valence-corrected chi connectivity index (χ3v) is 8.67. The van der Waals surface area contributed by atoms with Crippen molar-refractivity contribution in [1.82, 2.24) is 4.57 Å². The minimum atomic E-state index is -0.210. The molecule has 9 rings (SSSR count). The first-order valence-electron chi connectivity index (χ1n) is 14.6. The zero-order valence-corrected chi connectivity index (χ0v) is 23.5. The molecule has 1 atom stereocenters. The highest BCUT2D eigenvalue weighted by Gasteiger charge is 2.24. The summed E-state index contributed by atoms with van der Waals surface area (Å²) in [5.41, 5.74) is 9.81. The van der Waals surface area contributed by atoms with Crippen molar-refractivity contribution in [2.24, 2.45) is 4.99 Å². The number of benzene rings is 6. The summed E-state index contributed by atoms with van der Waals surface area (Å²) in [4.78, 5) is 5.17. The Morgan fingerprint density at radius 3 is 2.27 bits per heavy atom. The second kappa shape index (κ2) is 9.45. The van der Waals surface area contributed by atoms with E-state index < -0.39 is 0 Å². The standard InChI is InChI=1S/C39H24N4O/c40-23-24-14-19-30-33(20-24)41-39(26-8-2-1-3-9-26)42-38(30)25-15-17-27(18-16-25)43-34-12-6-4-10-28(34)31-22-37-32(21-35(31)43)29-11-5-7-13-36(29)44-37/h1-22,38H,(H,41,42). The Morgan fingerprint density at radius 2 is 1.43 bits per heavy atom. The third kappa shape index (κ3) is 3.68. The molecule has 8 aromatic rings. The number of fused-ring (bicyclic) bond motifs is 7. The van der Waals surface area contributed by atoms with Gasteiger partial charge < -0.3 is 14.3 Å². The van der Waals surface area contributed by atoms with Crippen LogP contribution in [0, 0.1) is 11.3 Å². The summed E-state index contributed by atoms with van der Waals surface area (Å²) in [7, 11) is 0. The molecule has 206 valence electrons. The van der Waals surface area contributed by atoms with Crippen LogP contribution < -0.4 is 5.32 Å². The van der Waals surface area contributed by atoms with Gasteiger partial charge in [-0.05, 0) is 54.1 Å². The van der Waals surface area contributed by atoms with Gasteiger partial charge in [-0.3, -0.25) is 4.99 Å². The molecule has 2 aromatic heterocycles. The SMILES string of the molecule is N#Cc1ccc2c(c1)NC(c1ccccc1)=NC2c1ccc(-n2c3ccccc3c3cc4oc5ccccc5c4cc32)cc1. The van der Waals surface area contributed by atoms with Gasteiger partial charge >= 0.3 is 0 Å². The van der Waals surface area contributed by atoms with E-state index in [1.165, 1.54) is 5.39 Å². The minimum Gasteiger partial charge on any atom is -0.456 e. The molecule has 1 aliphatic heterocycles. The molecule has 6 aromatic carbocycles. The van der Waals surface area contributed by atoms with Crippen molar-refractivity contribution in [2.75, 3.05) is 5.32 Å². The number of hydrogen-bond acceptors (Lipinski definition) is 4. The summed E-state index contributed by atoms with van der Waals surface area (Å²) in [5, 5.41) is 17.6. The number of furan rings is 1. The first-order valence-corrected chi connectivity index (χ1v) is 14.6. The van der Waals surface area contributed by atoms with Crippen LogP contribution in [0.1, 0.15) is 28.3 Å². The molecule has 3 heterocycles. The normalized spacial score (nSPS) is 14.4. The second-order valence-corrected chi connectivity index (χ2v) is 11.2. The predicted octanol–water partition coefficient (Wildman–Crippen LogP) is 9.52. The van der Waals surface area contributed by atoms with Gasteiger partial charge in [0.1, 0.15) is 23.0 Å². The number of hydrogen-bond donors (Lipinski definition) is 1. The van der Waals surface area contributed by atoms with E-state index in [1.54, 1.807) is 0 Å². The third-order valence-electron chi connectivity index (χ3n) is 8.67. The number of anilines is 1. The summed E-state index contributed by atoms with van der Waals surface area (Å²) in [5.74, 6) is 0.793. The zero-order valence-electron chi connectivity index (χ0n) is 23.5. The van der Waals surface area contributed by atoms with Crippen molar-refractivity contribution in [3.05, 3.63) is 156 Å². The van der Waals surface area contributed by atoms with Crippen LogP contribution in [-0.4, -0.2) is 10.4 Å². The van der Waals surface area contributed by atoms with Crippen LogP contribution in [0.15, 0.2) is 143 Å². The van der Waals surface area contributed by atoms with Crippen molar-refractivity contribution < 1.29 is 4.42 Å². The highest BCUT2D eigenvalue weighted by Crippen LogP contribution is 2.40. The molecule has 0 radical (unpaired) electrons. The Hall–Kier alpha value is -6.12. The molecule has 0 saturated carbocycles. The van der Waals surface area contributed by atoms with Crippen LogP contribution in [0.2, 0.25) is 0 Å². The fraction of sp³-hybridized carbons (Fsp3) is 0.0256. The van der Waals surface area contributed by atoms with Gasteiger partial charge in [0.15, 0.2) is 0 Å². The molecule has 0 spiro atoms. The van der Waals surface area contributed by atoms with E-state index in [4.69, 9.17) is 9.41 Å². The zero-order chi connectivity index (χ0) is 29.2. The number of nitrogens with one attached hydrogen (secondary N) is 1. The lowest BCUT2D eigenvalue weighted by molar-refractivity contribution is 0.669. The Morgan fingerprint density at radius 1 is 0.659 bits per heavy atom. The lowest BCUT2D eigenvalue weighted by atomic mass is 9.94. The molecule has 44 heavy (non-hydrogen) atoms. The number of aromatic nitrogens is 1. The van der Waals surface area contributed by atoms with Gasteiger partial charge in [0.25, 0.3) is 0 Å². The predicted molar refractivity (Wildman–Crippen MR) is 178 cm³/mol. The summed E-state index contributed by atoms with van der Waals surface area (Å²) < 4.78 is 8.58. The van der Waals surface area contributed by atoms with Crippen LogP contribution in [0.4, 0.5) is 5.69 Å². The van der Waals surface area contributed by atoms with Crippen LogP contribution in [-0.2, 0) is 0 Å². The molecule has 5 nitrogen and oxygen atoms in total. The fourth-order valence-electron chi connectivity index (χ4n) is 6.60. The molecule has 0 amide bonds. The Bertz CT molecular complexity index is 2480. The van der Waals surface area contributed by atoms with E-state index >= 15 is 0 Å². The second-order valence-electron chi connectivity index (χ2n) is 11.2. The first-order chi connectivity index (χ1) is 21.7. The van der Waals surface area contributed by atoms with Crippen LogP contribution in [0.3, 0.4) is 0 Å². The summed E-state index contributed by atoms with van der Waals surface area (Å²) in [6, 6.07) is 47.9. The summed E-state index contributed by atoms with van der Waals surface area (Å²) in [6.07, 6.45) is 0. The maximum atomic E-state index is 9.56. The monoisotopic (exact) mass is 564 g/mol. The lowest BCUT2D eigenvalue weighted by Crippen LogP contribution is -2.22. The molecular formula is C39H24N4O. The molecule has 0 fully saturated rings. The van der Waals surface area contributed by atoms with Gasteiger partial charge in [-0.25, -0.2) is 0 Å². The average Bonchev–Trinajstić information content (AvgIpc) is 3.61. The molecule has 0 bridgehead atoms. The van der Waals surface area contributed by atoms with E-state index in [0.29, 0.717) is 5.56 Å². The van der Waals surface area contributed by atoms with Gasteiger partial charge in [0.05, 0.1) is 22.7 Å². The van der Waals surface area contributed by atoms with E-state index in [1.807, 2.05) is 60.7 Å². The van der Waals surface area contributed by atoms with Gasteiger partial charge in [-0.1, -0.05) is 84.9 Å². The van der Waals surface area contributed by atoms with Gasteiger partial charge in [0.2, 0.25) is 0 Å². The lowest BCUT2D eigenvalue weighted by Gasteiger charge is -2.26.